The summed E-state index contributed by atoms with van der Waals surface area (Å²) in [6.07, 6.45) is 3.79. The minimum absolute atomic E-state index is 0.663. The van der Waals surface area contributed by atoms with Crippen LogP contribution in [-0.2, 0) is 4.74 Å². The Morgan fingerprint density at radius 3 is 2.35 bits per heavy atom. The van der Waals surface area contributed by atoms with Crippen molar-refractivity contribution in [2.24, 2.45) is 5.92 Å². The molecule has 0 spiro atoms. The monoisotopic (exact) mass is 316 g/mol. The van der Waals surface area contributed by atoms with E-state index in [0.29, 0.717) is 5.92 Å². The van der Waals surface area contributed by atoms with Gasteiger partial charge in [-0.1, -0.05) is 37.3 Å². The topological polar surface area (TPSA) is 15.7 Å². The lowest BCUT2D eigenvalue weighted by Gasteiger charge is -2.37. The number of hydrogen-bond acceptors (Lipinski definition) is 3. The first kappa shape index (κ1) is 16.9. The van der Waals surface area contributed by atoms with Gasteiger partial charge in [-0.2, -0.15) is 0 Å². The standard InChI is InChI=1S/C20H32N2O/c1-18(20-5-3-2-4-6-20)7-10-21-11-13-22(14-12-21)17-19-8-15-23-16-9-19/h2-6,18-19H,7-17H2,1H3/t18-/m0/s1. The second-order valence-corrected chi connectivity index (χ2v) is 7.30. The van der Waals surface area contributed by atoms with Crippen LogP contribution in [0.15, 0.2) is 30.3 Å². The Balaban J connectivity index is 1.34. The lowest BCUT2D eigenvalue weighted by molar-refractivity contribution is 0.0421. The number of benzene rings is 1. The molecule has 0 amide bonds. The van der Waals surface area contributed by atoms with Gasteiger partial charge in [0.05, 0.1) is 0 Å². The van der Waals surface area contributed by atoms with E-state index in [2.05, 4.69) is 47.1 Å². The van der Waals surface area contributed by atoms with Gasteiger partial charge in [0.15, 0.2) is 0 Å². The fourth-order valence-electron chi connectivity index (χ4n) is 3.81. The van der Waals surface area contributed by atoms with E-state index in [4.69, 9.17) is 4.74 Å². The third kappa shape index (κ3) is 5.30. The molecule has 2 heterocycles. The van der Waals surface area contributed by atoms with Crippen LogP contribution in [0.4, 0.5) is 0 Å². The molecule has 0 aromatic heterocycles. The SMILES string of the molecule is C[C@@H](CCN1CCN(CC2CCOCC2)CC1)c1ccccc1. The molecule has 0 radical (unpaired) electrons. The summed E-state index contributed by atoms with van der Waals surface area (Å²) in [5.74, 6) is 1.53. The molecule has 2 saturated heterocycles. The predicted molar refractivity (Wildman–Crippen MR) is 95.9 cm³/mol. The molecule has 23 heavy (non-hydrogen) atoms. The second kappa shape index (κ2) is 8.81. The lowest BCUT2D eigenvalue weighted by atomic mass is 9.97. The minimum atomic E-state index is 0.663. The van der Waals surface area contributed by atoms with Crippen molar-refractivity contribution >= 4 is 0 Å². The highest BCUT2D eigenvalue weighted by Crippen LogP contribution is 2.20. The number of piperazine rings is 1. The van der Waals surface area contributed by atoms with Crippen LogP contribution >= 0.6 is 0 Å². The molecular formula is C20H32N2O. The van der Waals surface area contributed by atoms with Crippen LogP contribution in [0.25, 0.3) is 0 Å². The van der Waals surface area contributed by atoms with E-state index >= 15 is 0 Å². The van der Waals surface area contributed by atoms with Crippen molar-refractivity contribution in [1.82, 2.24) is 9.80 Å². The molecule has 0 saturated carbocycles. The highest BCUT2D eigenvalue weighted by atomic mass is 16.5. The van der Waals surface area contributed by atoms with Crippen LogP contribution in [-0.4, -0.2) is 62.3 Å². The molecular weight excluding hydrogens is 284 g/mol. The average Bonchev–Trinajstić information content (AvgIpc) is 2.62. The summed E-state index contributed by atoms with van der Waals surface area (Å²) < 4.78 is 5.47. The van der Waals surface area contributed by atoms with Crippen LogP contribution in [0.2, 0.25) is 0 Å². The molecule has 0 N–H and O–H groups in total. The maximum atomic E-state index is 5.47. The maximum absolute atomic E-state index is 5.47. The van der Waals surface area contributed by atoms with Crippen molar-refractivity contribution in [1.29, 1.82) is 0 Å². The second-order valence-electron chi connectivity index (χ2n) is 7.30. The zero-order valence-electron chi connectivity index (χ0n) is 14.6. The van der Waals surface area contributed by atoms with E-state index in [-0.39, 0.29) is 0 Å². The van der Waals surface area contributed by atoms with Crippen molar-refractivity contribution < 1.29 is 4.74 Å². The van der Waals surface area contributed by atoms with Gasteiger partial charge in [0.1, 0.15) is 0 Å². The molecule has 0 unspecified atom stereocenters. The molecule has 0 bridgehead atoms. The van der Waals surface area contributed by atoms with Crippen molar-refractivity contribution in [2.75, 3.05) is 52.5 Å². The molecule has 2 aliphatic heterocycles. The van der Waals surface area contributed by atoms with Crippen molar-refractivity contribution in [3.8, 4) is 0 Å². The molecule has 128 valence electrons. The highest BCUT2D eigenvalue weighted by molar-refractivity contribution is 5.18. The van der Waals surface area contributed by atoms with Gasteiger partial charge in [0.25, 0.3) is 0 Å². The zero-order valence-corrected chi connectivity index (χ0v) is 14.6. The summed E-state index contributed by atoms with van der Waals surface area (Å²) in [5.41, 5.74) is 1.48. The van der Waals surface area contributed by atoms with Crippen molar-refractivity contribution in [3.05, 3.63) is 35.9 Å². The van der Waals surface area contributed by atoms with Gasteiger partial charge in [-0.3, -0.25) is 0 Å². The summed E-state index contributed by atoms with van der Waals surface area (Å²) in [6.45, 7) is 11.8. The summed E-state index contributed by atoms with van der Waals surface area (Å²) >= 11 is 0. The number of hydrogen-bond donors (Lipinski definition) is 0. The van der Waals surface area contributed by atoms with Gasteiger partial charge in [-0.25, -0.2) is 0 Å². The average molecular weight is 316 g/mol. The molecule has 1 atom stereocenters. The van der Waals surface area contributed by atoms with Gasteiger partial charge >= 0.3 is 0 Å². The Bertz CT molecular complexity index is 436. The van der Waals surface area contributed by atoms with Crippen LogP contribution in [0.5, 0.6) is 0 Å². The summed E-state index contributed by atoms with van der Waals surface area (Å²) in [4.78, 5) is 5.33. The molecule has 0 aliphatic carbocycles. The lowest BCUT2D eigenvalue weighted by Crippen LogP contribution is -2.48. The molecule has 1 aromatic carbocycles. The molecule has 3 nitrogen and oxygen atoms in total. The van der Waals surface area contributed by atoms with E-state index in [1.165, 1.54) is 64.1 Å². The Morgan fingerprint density at radius 2 is 1.65 bits per heavy atom. The van der Waals surface area contributed by atoms with Gasteiger partial charge in [-0.15, -0.1) is 0 Å². The van der Waals surface area contributed by atoms with Gasteiger partial charge in [-0.05, 0) is 43.2 Å². The first-order valence-electron chi connectivity index (χ1n) is 9.38. The first-order valence-corrected chi connectivity index (χ1v) is 9.38. The quantitative estimate of drug-likeness (QED) is 0.801. The van der Waals surface area contributed by atoms with E-state index in [1.54, 1.807) is 0 Å². The van der Waals surface area contributed by atoms with Gasteiger partial charge in [0, 0.05) is 45.9 Å². The van der Waals surface area contributed by atoms with Crippen LogP contribution in [0, 0.1) is 5.92 Å². The number of rotatable bonds is 6. The largest absolute Gasteiger partial charge is 0.381 e. The van der Waals surface area contributed by atoms with Crippen molar-refractivity contribution in [2.45, 2.75) is 32.1 Å². The highest BCUT2D eigenvalue weighted by Gasteiger charge is 2.21. The van der Waals surface area contributed by atoms with E-state index in [0.717, 1.165) is 19.1 Å². The summed E-state index contributed by atoms with van der Waals surface area (Å²) in [6, 6.07) is 10.9. The minimum Gasteiger partial charge on any atom is -0.381 e. The smallest absolute Gasteiger partial charge is 0.0469 e. The Hall–Kier alpha value is -0.900. The molecule has 3 heteroatoms. The first-order chi connectivity index (χ1) is 11.3. The Labute approximate surface area is 141 Å². The van der Waals surface area contributed by atoms with E-state index in [1.807, 2.05) is 0 Å². The summed E-state index contributed by atoms with van der Waals surface area (Å²) in [5, 5.41) is 0. The van der Waals surface area contributed by atoms with Crippen LogP contribution in [0.1, 0.15) is 37.7 Å². The molecule has 2 aliphatic rings. The third-order valence-electron chi connectivity index (χ3n) is 5.57. The fraction of sp³-hybridized carbons (Fsp3) is 0.700. The molecule has 3 rings (SSSR count). The summed E-state index contributed by atoms with van der Waals surface area (Å²) in [7, 11) is 0. The number of nitrogens with zero attached hydrogens (tertiary/aromatic N) is 2. The predicted octanol–water partition coefficient (Wildman–Crippen LogP) is 3.22. The molecule has 2 fully saturated rings. The van der Waals surface area contributed by atoms with E-state index < -0.39 is 0 Å². The van der Waals surface area contributed by atoms with E-state index in [9.17, 15) is 0 Å². The fourth-order valence-corrected chi connectivity index (χ4v) is 3.81. The van der Waals surface area contributed by atoms with Gasteiger partial charge < -0.3 is 14.5 Å². The van der Waals surface area contributed by atoms with Crippen molar-refractivity contribution in [3.63, 3.8) is 0 Å². The maximum Gasteiger partial charge on any atom is 0.0469 e. The van der Waals surface area contributed by atoms with Crippen LogP contribution < -0.4 is 0 Å². The Morgan fingerprint density at radius 1 is 1.00 bits per heavy atom. The number of ether oxygens (including phenoxy) is 1. The third-order valence-corrected chi connectivity index (χ3v) is 5.57. The molecule has 1 aromatic rings. The zero-order chi connectivity index (χ0) is 15.9. The van der Waals surface area contributed by atoms with Crippen LogP contribution in [0.3, 0.4) is 0 Å². The Kier molecular flexibility index (Phi) is 6.49. The van der Waals surface area contributed by atoms with Gasteiger partial charge in [0.2, 0.25) is 0 Å². The normalized spacial score (nSPS) is 23.0.